The Kier molecular flexibility index (Phi) is 3.94. The largest absolute Gasteiger partial charge is 0.478 e. The van der Waals surface area contributed by atoms with E-state index in [1.807, 2.05) is 0 Å². The lowest BCUT2D eigenvalue weighted by Crippen LogP contribution is -2.37. The summed E-state index contributed by atoms with van der Waals surface area (Å²) in [6, 6.07) is 6.25. The normalized spacial score (nSPS) is 14.3. The Morgan fingerprint density at radius 3 is 2.33 bits per heavy atom. The lowest BCUT2D eigenvalue weighted by atomic mass is 10.2. The first-order valence-corrected chi connectivity index (χ1v) is 4.71. The summed E-state index contributed by atoms with van der Waals surface area (Å²) < 4.78 is 5.08. The van der Waals surface area contributed by atoms with Gasteiger partial charge in [-0.2, -0.15) is 0 Å². The molecule has 4 nitrogen and oxygen atoms in total. The molecule has 0 amide bonds. The van der Waals surface area contributed by atoms with Crippen molar-refractivity contribution in [2.24, 2.45) is 0 Å². The highest BCUT2D eigenvalue weighted by molar-refractivity contribution is 6.30. The van der Waals surface area contributed by atoms with E-state index in [-0.39, 0.29) is 0 Å². The monoisotopic (exact) mass is 230 g/mol. The number of carboxylic acids is 1. The van der Waals surface area contributed by atoms with Crippen LogP contribution in [0.2, 0.25) is 5.02 Å². The van der Waals surface area contributed by atoms with Crippen LogP contribution in [-0.4, -0.2) is 28.4 Å². The molecule has 0 aliphatic rings. The minimum Gasteiger partial charge on any atom is -0.478 e. The van der Waals surface area contributed by atoms with Gasteiger partial charge in [0.05, 0.1) is 6.10 Å². The number of halogens is 1. The summed E-state index contributed by atoms with van der Waals surface area (Å²) in [6.07, 6.45) is -2.36. The predicted octanol–water partition coefficient (Wildman–Crippen LogP) is 1.55. The van der Waals surface area contributed by atoms with E-state index in [1.54, 1.807) is 24.3 Å². The van der Waals surface area contributed by atoms with Gasteiger partial charge in [-0.25, -0.2) is 4.79 Å². The molecule has 1 aromatic rings. The zero-order chi connectivity index (χ0) is 11.4. The van der Waals surface area contributed by atoms with Crippen molar-refractivity contribution in [2.45, 2.75) is 19.1 Å². The van der Waals surface area contributed by atoms with Gasteiger partial charge in [-0.15, -0.1) is 0 Å². The molecule has 0 spiro atoms. The number of aliphatic hydroxyl groups excluding tert-OH is 1. The molecule has 2 N–H and O–H groups in total. The van der Waals surface area contributed by atoms with Crippen molar-refractivity contribution in [2.75, 3.05) is 0 Å². The fourth-order valence-corrected chi connectivity index (χ4v) is 1.14. The van der Waals surface area contributed by atoms with Crippen LogP contribution in [0.15, 0.2) is 24.3 Å². The van der Waals surface area contributed by atoms with Gasteiger partial charge in [0.25, 0.3) is 0 Å². The summed E-state index contributed by atoms with van der Waals surface area (Å²) >= 11 is 5.65. The second-order valence-electron chi connectivity index (χ2n) is 3.07. The lowest BCUT2D eigenvalue weighted by molar-refractivity contribution is -0.149. The lowest BCUT2D eigenvalue weighted by Gasteiger charge is -2.17. The predicted molar refractivity (Wildman–Crippen MR) is 55.2 cm³/mol. The highest BCUT2D eigenvalue weighted by Crippen LogP contribution is 2.17. The van der Waals surface area contributed by atoms with Crippen molar-refractivity contribution in [1.82, 2.24) is 0 Å². The fourth-order valence-electron chi connectivity index (χ4n) is 1.01. The van der Waals surface area contributed by atoms with Gasteiger partial charge in [0.15, 0.2) is 0 Å². The molecule has 0 aromatic heterocycles. The van der Waals surface area contributed by atoms with Crippen LogP contribution in [0.4, 0.5) is 0 Å². The number of ether oxygens (including phenoxy) is 1. The Balaban J connectivity index is 2.74. The summed E-state index contributed by atoms with van der Waals surface area (Å²) in [5.74, 6) is -0.854. The minimum absolute atomic E-state index is 0.354. The molecule has 0 fully saturated rings. The molecule has 0 aliphatic heterocycles. The third-order valence-corrected chi connectivity index (χ3v) is 2.01. The molecule has 5 heteroatoms. The average Bonchev–Trinajstić information content (AvgIpc) is 2.15. The van der Waals surface area contributed by atoms with E-state index < -0.39 is 18.2 Å². The summed E-state index contributed by atoms with van der Waals surface area (Å²) in [6.45, 7) is 1.36. The van der Waals surface area contributed by atoms with E-state index in [0.29, 0.717) is 10.8 Å². The van der Waals surface area contributed by atoms with Crippen LogP contribution >= 0.6 is 11.6 Å². The molecule has 1 aromatic carbocycles. The van der Waals surface area contributed by atoms with Gasteiger partial charge in [-0.05, 0) is 31.2 Å². The molecule has 1 rings (SSSR count). The van der Waals surface area contributed by atoms with Crippen LogP contribution in [0.1, 0.15) is 6.92 Å². The van der Waals surface area contributed by atoms with E-state index in [2.05, 4.69) is 0 Å². The first kappa shape index (κ1) is 11.8. The molecule has 0 saturated carbocycles. The quantitative estimate of drug-likeness (QED) is 0.824. The van der Waals surface area contributed by atoms with Crippen molar-refractivity contribution in [3.05, 3.63) is 29.3 Å². The first-order valence-electron chi connectivity index (χ1n) is 4.34. The number of aliphatic carboxylic acids is 1. The molecule has 0 heterocycles. The summed E-state index contributed by atoms with van der Waals surface area (Å²) in [7, 11) is 0. The summed E-state index contributed by atoms with van der Waals surface area (Å²) in [4.78, 5) is 10.7. The Hall–Kier alpha value is -1.26. The number of hydrogen-bond donors (Lipinski definition) is 2. The minimum atomic E-state index is -1.27. The second kappa shape index (κ2) is 5.00. The maximum atomic E-state index is 10.7. The van der Waals surface area contributed by atoms with Crippen molar-refractivity contribution < 1.29 is 19.7 Å². The van der Waals surface area contributed by atoms with Crippen LogP contribution in [0.5, 0.6) is 5.75 Å². The molecule has 0 bridgehead atoms. The number of rotatable bonds is 4. The topological polar surface area (TPSA) is 66.8 Å². The van der Waals surface area contributed by atoms with E-state index in [1.165, 1.54) is 6.92 Å². The third kappa shape index (κ3) is 3.42. The standard InChI is InChI=1S/C10H11ClO4/c1-6(12)9(10(13)14)15-8-4-2-7(11)3-5-8/h2-6,9,12H,1H3,(H,13,14)/t6-,9+/m0/s1. The molecular weight excluding hydrogens is 220 g/mol. The van der Waals surface area contributed by atoms with Gasteiger partial charge in [-0.1, -0.05) is 11.6 Å². The van der Waals surface area contributed by atoms with Gasteiger partial charge in [0.2, 0.25) is 6.10 Å². The molecule has 0 aliphatic carbocycles. The first-order chi connectivity index (χ1) is 7.00. The van der Waals surface area contributed by atoms with E-state index in [9.17, 15) is 4.79 Å². The number of hydrogen-bond acceptors (Lipinski definition) is 3. The zero-order valence-corrected chi connectivity index (χ0v) is 8.81. The van der Waals surface area contributed by atoms with Gasteiger partial charge >= 0.3 is 5.97 Å². The van der Waals surface area contributed by atoms with Gasteiger partial charge < -0.3 is 14.9 Å². The van der Waals surface area contributed by atoms with Crippen molar-refractivity contribution in [3.63, 3.8) is 0 Å². The summed E-state index contributed by atoms with van der Waals surface area (Å²) in [5.41, 5.74) is 0. The Morgan fingerprint density at radius 2 is 1.93 bits per heavy atom. The van der Waals surface area contributed by atoms with Gasteiger partial charge in [-0.3, -0.25) is 0 Å². The SMILES string of the molecule is C[C@H](O)[C@@H](Oc1ccc(Cl)cc1)C(=O)O. The highest BCUT2D eigenvalue weighted by Gasteiger charge is 2.24. The molecule has 0 radical (unpaired) electrons. The average molecular weight is 231 g/mol. The zero-order valence-electron chi connectivity index (χ0n) is 8.05. The fraction of sp³-hybridized carbons (Fsp3) is 0.300. The Morgan fingerprint density at radius 1 is 1.40 bits per heavy atom. The molecule has 2 atom stereocenters. The van der Waals surface area contributed by atoms with E-state index >= 15 is 0 Å². The van der Waals surface area contributed by atoms with Crippen LogP contribution < -0.4 is 4.74 Å². The number of aliphatic hydroxyl groups is 1. The van der Waals surface area contributed by atoms with Crippen LogP contribution in [0.3, 0.4) is 0 Å². The maximum Gasteiger partial charge on any atom is 0.347 e. The van der Waals surface area contributed by atoms with Crippen molar-refractivity contribution in [3.8, 4) is 5.75 Å². The van der Waals surface area contributed by atoms with Crippen LogP contribution in [0, 0.1) is 0 Å². The molecule has 0 unspecified atom stereocenters. The van der Waals surface area contributed by atoms with Crippen molar-refractivity contribution >= 4 is 17.6 Å². The molecule has 0 saturated heterocycles. The molecular formula is C10H11ClO4. The Bertz CT molecular complexity index is 334. The number of carboxylic acid groups (broad SMARTS) is 1. The number of benzene rings is 1. The van der Waals surface area contributed by atoms with Crippen LogP contribution in [0.25, 0.3) is 0 Å². The molecule has 15 heavy (non-hydrogen) atoms. The maximum absolute atomic E-state index is 10.7. The van der Waals surface area contributed by atoms with Gasteiger partial charge in [0, 0.05) is 5.02 Å². The second-order valence-corrected chi connectivity index (χ2v) is 3.51. The highest BCUT2D eigenvalue weighted by atomic mass is 35.5. The van der Waals surface area contributed by atoms with Crippen LogP contribution in [-0.2, 0) is 4.79 Å². The summed E-state index contributed by atoms with van der Waals surface area (Å²) in [5, 5.41) is 18.4. The Labute approximate surface area is 92.1 Å². The van der Waals surface area contributed by atoms with E-state index in [4.69, 9.17) is 26.6 Å². The number of carbonyl (C=O) groups is 1. The third-order valence-electron chi connectivity index (χ3n) is 1.76. The smallest absolute Gasteiger partial charge is 0.347 e. The van der Waals surface area contributed by atoms with E-state index in [0.717, 1.165) is 0 Å². The van der Waals surface area contributed by atoms with Gasteiger partial charge in [0.1, 0.15) is 5.75 Å². The van der Waals surface area contributed by atoms with Crippen molar-refractivity contribution in [1.29, 1.82) is 0 Å². The molecule has 82 valence electrons.